The lowest BCUT2D eigenvalue weighted by atomic mass is 10.2. The summed E-state index contributed by atoms with van der Waals surface area (Å²) in [7, 11) is 0. The standard InChI is InChI=1S/C12H19NO3/c1-3-4-5-13(6-7-14)12(15)11-8-10(2)16-9-11/h8-9,14H,3-7H2,1-2H3. The van der Waals surface area contributed by atoms with Crippen molar-refractivity contribution in [2.75, 3.05) is 19.7 Å². The molecule has 1 heterocycles. The molecule has 4 nitrogen and oxygen atoms in total. The Morgan fingerprint density at radius 2 is 2.25 bits per heavy atom. The van der Waals surface area contributed by atoms with Crippen LogP contribution in [0, 0.1) is 6.92 Å². The lowest BCUT2D eigenvalue weighted by Crippen LogP contribution is -2.34. The van der Waals surface area contributed by atoms with Crippen molar-refractivity contribution in [2.24, 2.45) is 0 Å². The number of aliphatic hydroxyl groups excluding tert-OH is 1. The van der Waals surface area contributed by atoms with Crippen molar-refractivity contribution in [1.29, 1.82) is 0 Å². The molecule has 0 aliphatic rings. The van der Waals surface area contributed by atoms with E-state index in [9.17, 15) is 4.79 Å². The van der Waals surface area contributed by atoms with Gasteiger partial charge in [-0.05, 0) is 19.4 Å². The molecule has 1 amide bonds. The Bertz CT molecular complexity index is 333. The molecule has 0 aliphatic heterocycles. The van der Waals surface area contributed by atoms with E-state index < -0.39 is 0 Å². The largest absolute Gasteiger partial charge is 0.469 e. The maximum absolute atomic E-state index is 12.0. The molecule has 0 fully saturated rings. The molecule has 0 spiro atoms. The minimum absolute atomic E-state index is 0.00765. The van der Waals surface area contributed by atoms with Crippen molar-refractivity contribution in [2.45, 2.75) is 26.7 Å². The van der Waals surface area contributed by atoms with Crippen molar-refractivity contribution < 1.29 is 14.3 Å². The third-order valence-corrected chi connectivity index (χ3v) is 2.42. The van der Waals surface area contributed by atoms with Crippen molar-refractivity contribution in [3.8, 4) is 0 Å². The Kier molecular flexibility index (Phi) is 5.05. The smallest absolute Gasteiger partial charge is 0.257 e. The van der Waals surface area contributed by atoms with E-state index in [1.165, 1.54) is 6.26 Å². The Morgan fingerprint density at radius 1 is 1.50 bits per heavy atom. The Hall–Kier alpha value is -1.29. The van der Waals surface area contributed by atoms with Crippen LogP contribution in [-0.2, 0) is 0 Å². The second kappa shape index (κ2) is 6.33. The van der Waals surface area contributed by atoms with Gasteiger partial charge in [0.05, 0.1) is 12.2 Å². The van der Waals surface area contributed by atoms with Crippen LogP contribution in [0.3, 0.4) is 0 Å². The molecule has 16 heavy (non-hydrogen) atoms. The van der Waals surface area contributed by atoms with Crippen molar-refractivity contribution in [1.82, 2.24) is 4.90 Å². The highest BCUT2D eigenvalue weighted by Crippen LogP contribution is 2.10. The Morgan fingerprint density at radius 3 is 2.75 bits per heavy atom. The molecule has 90 valence electrons. The van der Waals surface area contributed by atoms with Crippen LogP contribution in [0.2, 0.25) is 0 Å². The molecule has 1 rings (SSSR count). The fraction of sp³-hybridized carbons (Fsp3) is 0.583. The van der Waals surface area contributed by atoms with Crippen molar-refractivity contribution >= 4 is 5.91 Å². The molecule has 0 aliphatic carbocycles. The van der Waals surface area contributed by atoms with Gasteiger partial charge in [0.2, 0.25) is 0 Å². The number of aryl methyl sites for hydroxylation is 1. The molecule has 0 unspecified atom stereocenters. The first-order valence-electron chi connectivity index (χ1n) is 5.64. The minimum Gasteiger partial charge on any atom is -0.469 e. The van der Waals surface area contributed by atoms with Gasteiger partial charge in [0, 0.05) is 13.1 Å². The van der Waals surface area contributed by atoms with Crippen LogP contribution in [-0.4, -0.2) is 35.6 Å². The Labute approximate surface area is 95.9 Å². The van der Waals surface area contributed by atoms with Gasteiger partial charge in [0.25, 0.3) is 5.91 Å². The number of hydrogen-bond acceptors (Lipinski definition) is 3. The Balaban J connectivity index is 2.66. The van der Waals surface area contributed by atoms with Crippen LogP contribution < -0.4 is 0 Å². The number of unbranched alkanes of at least 4 members (excludes halogenated alkanes) is 1. The highest BCUT2D eigenvalue weighted by Gasteiger charge is 2.16. The summed E-state index contributed by atoms with van der Waals surface area (Å²) in [5.41, 5.74) is 0.557. The molecule has 0 bridgehead atoms. The van der Waals surface area contributed by atoms with Gasteiger partial charge in [-0.3, -0.25) is 4.79 Å². The number of furan rings is 1. The van der Waals surface area contributed by atoms with Crippen LogP contribution in [0.5, 0.6) is 0 Å². The number of rotatable bonds is 6. The second-order valence-electron chi connectivity index (χ2n) is 3.82. The lowest BCUT2D eigenvalue weighted by molar-refractivity contribution is 0.0718. The molecule has 0 saturated carbocycles. The summed E-state index contributed by atoms with van der Waals surface area (Å²) in [4.78, 5) is 13.7. The predicted octanol–water partition coefficient (Wildman–Crippen LogP) is 1.82. The summed E-state index contributed by atoms with van der Waals surface area (Å²) in [5, 5.41) is 8.92. The van der Waals surface area contributed by atoms with E-state index in [0.29, 0.717) is 18.7 Å². The van der Waals surface area contributed by atoms with Gasteiger partial charge >= 0.3 is 0 Å². The van der Waals surface area contributed by atoms with Gasteiger partial charge in [-0.25, -0.2) is 0 Å². The summed E-state index contributed by atoms with van der Waals surface area (Å²) < 4.78 is 5.11. The summed E-state index contributed by atoms with van der Waals surface area (Å²) in [6, 6.07) is 1.72. The zero-order chi connectivity index (χ0) is 12.0. The maximum Gasteiger partial charge on any atom is 0.257 e. The fourth-order valence-electron chi connectivity index (χ4n) is 1.52. The van der Waals surface area contributed by atoms with Gasteiger partial charge in [-0.2, -0.15) is 0 Å². The summed E-state index contributed by atoms with van der Waals surface area (Å²) in [6.45, 7) is 4.93. The zero-order valence-electron chi connectivity index (χ0n) is 9.90. The van der Waals surface area contributed by atoms with Crippen LogP contribution in [0.25, 0.3) is 0 Å². The normalized spacial score (nSPS) is 10.4. The molecular weight excluding hydrogens is 206 g/mol. The highest BCUT2D eigenvalue weighted by atomic mass is 16.3. The lowest BCUT2D eigenvalue weighted by Gasteiger charge is -2.20. The van der Waals surface area contributed by atoms with E-state index >= 15 is 0 Å². The van der Waals surface area contributed by atoms with Crippen LogP contribution in [0.4, 0.5) is 0 Å². The molecule has 0 saturated heterocycles. The minimum atomic E-state index is -0.0700. The van der Waals surface area contributed by atoms with Gasteiger partial charge in [-0.1, -0.05) is 13.3 Å². The number of hydrogen-bond donors (Lipinski definition) is 1. The molecule has 1 aromatic rings. The van der Waals surface area contributed by atoms with Gasteiger partial charge in [-0.15, -0.1) is 0 Å². The summed E-state index contributed by atoms with van der Waals surface area (Å²) >= 11 is 0. The predicted molar refractivity (Wildman–Crippen MR) is 61.3 cm³/mol. The van der Waals surface area contributed by atoms with E-state index in [4.69, 9.17) is 9.52 Å². The van der Waals surface area contributed by atoms with E-state index in [2.05, 4.69) is 6.92 Å². The first-order valence-corrected chi connectivity index (χ1v) is 5.64. The van der Waals surface area contributed by atoms with Gasteiger partial charge in [0.15, 0.2) is 0 Å². The molecule has 0 atom stereocenters. The monoisotopic (exact) mass is 225 g/mol. The fourth-order valence-corrected chi connectivity index (χ4v) is 1.52. The van der Waals surface area contributed by atoms with E-state index in [1.807, 2.05) is 0 Å². The second-order valence-corrected chi connectivity index (χ2v) is 3.82. The molecule has 4 heteroatoms. The van der Waals surface area contributed by atoms with Crippen molar-refractivity contribution in [3.05, 3.63) is 23.7 Å². The average Bonchev–Trinajstić information content (AvgIpc) is 2.70. The molecular formula is C12H19NO3. The van der Waals surface area contributed by atoms with Crippen LogP contribution >= 0.6 is 0 Å². The molecule has 0 aromatic carbocycles. The first kappa shape index (κ1) is 12.8. The summed E-state index contributed by atoms with van der Waals surface area (Å²) in [6.07, 6.45) is 3.44. The molecule has 1 N–H and O–H groups in total. The maximum atomic E-state index is 12.0. The SMILES string of the molecule is CCCCN(CCO)C(=O)c1coc(C)c1. The highest BCUT2D eigenvalue weighted by molar-refractivity contribution is 5.94. The summed E-state index contributed by atoms with van der Waals surface area (Å²) in [5.74, 6) is 0.655. The number of aliphatic hydroxyl groups is 1. The van der Waals surface area contributed by atoms with Crippen LogP contribution in [0.15, 0.2) is 16.7 Å². The number of carbonyl (C=O) groups is 1. The zero-order valence-corrected chi connectivity index (χ0v) is 9.90. The molecule has 1 aromatic heterocycles. The van der Waals surface area contributed by atoms with Crippen molar-refractivity contribution in [3.63, 3.8) is 0 Å². The number of nitrogens with zero attached hydrogens (tertiary/aromatic N) is 1. The average molecular weight is 225 g/mol. The van der Waals surface area contributed by atoms with E-state index in [1.54, 1.807) is 17.9 Å². The van der Waals surface area contributed by atoms with Gasteiger partial charge in [0.1, 0.15) is 12.0 Å². The number of amides is 1. The number of carbonyl (C=O) groups excluding carboxylic acids is 1. The molecule has 0 radical (unpaired) electrons. The van der Waals surface area contributed by atoms with E-state index in [0.717, 1.165) is 18.6 Å². The third kappa shape index (κ3) is 3.38. The van der Waals surface area contributed by atoms with Crippen LogP contribution in [0.1, 0.15) is 35.9 Å². The third-order valence-electron chi connectivity index (χ3n) is 2.42. The first-order chi connectivity index (χ1) is 7.69. The van der Waals surface area contributed by atoms with Gasteiger partial charge < -0.3 is 14.4 Å². The quantitative estimate of drug-likeness (QED) is 0.803. The van der Waals surface area contributed by atoms with E-state index in [-0.39, 0.29) is 12.5 Å². The topological polar surface area (TPSA) is 53.7 Å².